The van der Waals surface area contributed by atoms with E-state index >= 15 is 0 Å². The minimum Gasteiger partial charge on any atom is -0.430 e. The van der Waals surface area contributed by atoms with Gasteiger partial charge in [-0.3, -0.25) is 0 Å². The highest BCUT2D eigenvalue weighted by atomic mass is 19.1. The lowest BCUT2D eigenvalue weighted by atomic mass is 10.1. The fourth-order valence-electron chi connectivity index (χ4n) is 3.38. The third-order valence-corrected chi connectivity index (χ3v) is 5.21. The lowest BCUT2D eigenvalue weighted by Gasteiger charge is -2.16. The first-order valence-corrected chi connectivity index (χ1v) is 11.0. The number of alkyl halides is 1. The molecule has 1 aliphatic rings. The largest absolute Gasteiger partial charge is 0.430 e. The molecule has 0 saturated heterocycles. The average molecular weight is 439 g/mol. The van der Waals surface area contributed by atoms with Gasteiger partial charge in [0.2, 0.25) is 5.88 Å². The number of allylic oxidation sites excluding steroid dienone is 4. The Morgan fingerprint density at radius 1 is 1.19 bits per heavy atom. The van der Waals surface area contributed by atoms with Crippen molar-refractivity contribution in [2.75, 3.05) is 31.2 Å². The van der Waals surface area contributed by atoms with Gasteiger partial charge in [-0.1, -0.05) is 17.9 Å². The van der Waals surface area contributed by atoms with Gasteiger partial charge >= 0.3 is 0 Å². The van der Waals surface area contributed by atoms with Crippen LogP contribution in [0.3, 0.4) is 0 Å². The number of aromatic nitrogens is 4. The summed E-state index contributed by atoms with van der Waals surface area (Å²) < 4.78 is 21.3. The predicted molar refractivity (Wildman–Crippen MR) is 125 cm³/mol. The molecule has 2 aromatic rings. The first kappa shape index (κ1) is 23.4. The van der Waals surface area contributed by atoms with Crippen molar-refractivity contribution in [1.29, 1.82) is 0 Å². The Balaban J connectivity index is 2.01. The van der Waals surface area contributed by atoms with Gasteiger partial charge in [0.05, 0.1) is 5.57 Å². The molecule has 32 heavy (non-hydrogen) atoms. The van der Waals surface area contributed by atoms with Crippen LogP contribution in [0.15, 0.2) is 53.8 Å². The Kier molecular flexibility index (Phi) is 8.36. The Morgan fingerprint density at radius 3 is 2.56 bits per heavy atom. The highest BCUT2D eigenvalue weighted by molar-refractivity contribution is 5.73. The highest BCUT2D eigenvalue weighted by Gasteiger charge is 2.18. The van der Waals surface area contributed by atoms with Crippen molar-refractivity contribution in [2.45, 2.75) is 33.1 Å². The lowest BCUT2D eigenvalue weighted by Crippen LogP contribution is -2.22. The zero-order chi connectivity index (χ0) is 22.9. The number of ether oxygens (including phenoxy) is 1. The van der Waals surface area contributed by atoms with Crippen molar-refractivity contribution < 1.29 is 9.13 Å². The van der Waals surface area contributed by atoms with Gasteiger partial charge in [-0.2, -0.15) is 5.10 Å². The molecule has 7 nitrogen and oxygen atoms in total. The predicted octanol–water partition coefficient (Wildman–Crippen LogP) is 3.75. The fraction of sp³-hybridized carbons (Fsp3) is 0.417. The van der Waals surface area contributed by atoms with Crippen LogP contribution in [0, 0.1) is 0 Å². The molecule has 2 N–H and O–H groups in total. The Morgan fingerprint density at radius 2 is 1.91 bits per heavy atom. The second-order valence-electron chi connectivity index (χ2n) is 7.42. The molecule has 0 bridgehead atoms. The molecule has 170 valence electrons. The summed E-state index contributed by atoms with van der Waals surface area (Å²) in [5, 5.41) is 4.57. The molecular formula is C24H31FN6O. The smallest absolute Gasteiger partial charge is 0.220 e. The number of anilines is 1. The number of hydrogen-bond acceptors (Lipinski definition) is 6. The van der Waals surface area contributed by atoms with E-state index in [1.54, 1.807) is 23.2 Å². The van der Waals surface area contributed by atoms with E-state index < -0.39 is 6.67 Å². The molecule has 0 unspecified atom stereocenters. The van der Waals surface area contributed by atoms with Crippen LogP contribution in [0.5, 0.6) is 5.88 Å². The third-order valence-electron chi connectivity index (χ3n) is 5.21. The normalized spacial score (nSPS) is 17.3. The standard InChI is InChI=1S/C24H31FN6O/c1-4-31(5-2)22-14-23(30(3)29-22)32-21-11-10-18(15-25)8-6-7-9-20(21)24-27-16-19(12-13-26)17-28-24/h8-10,14,16-17H,4-7,12-13,15,26H2,1-3H3/b18-8+,20-9+. The number of aryl methyl sites for hydroxylation is 1. The minimum atomic E-state index is -0.558. The third kappa shape index (κ3) is 5.72. The van der Waals surface area contributed by atoms with Crippen LogP contribution in [-0.4, -0.2) is 46.1 Å². The fourth-order valence-corrected chi connectivity index (χ4v) is 3.38. The monoisotopic (exact) mass is 438 g/mol. The average Bonchev–Trinajstić information content (AvgIpc) is 3.20. The maximum Gasteiger partial charge on any atom is 0.220 e. The Labute approximate surface area is 188 Å². The minimum absolute atomic E-state index is 0.423. The van der Waals surface area contributed by atoms with Gasteiger partial charge in [-0.25, -0.2) is 19.0 Å². The zero-order valence-electron chi connectivity index (χ0n) is 19.0. The number of nitrogens with two attached hydrogens (primary N) is 1. The maximum absolute atomic E-state index is 13.4. The summed E-state index contributed by atoms with van der Waals surface area (Å²) in [4.78, 5) is 11.2. The van der Waals surface area contributed by atoms with Crippen molar-refractivity contribution in [3.8, 4) is 5.88 Å². The number of rotatable bonds is 9. The number of hydrogen-bond donors (Lipinski definition) is 1. The van der Waals surface area contributed by atoms with E-state index in [1.807, 2.05) is 25.3 Å². The molecule has 0 atom stereocenters. The second kappa shape index (κ2) is 11.4. The topological polar surface area (TPSA) is 82.1 Å². The molecule has 0 aliphatic heterocycles. The molecule has 0 saturated carbocycles. The van der Waals surface area contributed by atoms with Gasteiger partial charge in [0.1, 0.15) is 6.67 Å². The molecule has 2 aromatic heterocycles. The summed E-state index contributed by atoms with van der Waals surface area (Å²) in [6.07, 6.45) is 11.2. The highest BCUT2D eigenvalue weighted by Crippen LogP contribution is 2.28. The van der Waals surface area contributed by atoms with Crippen LogP contribution in [0.1, 0.15) is 38.1 Å². The van der Waals surface area contributed by atoms with Gasteiger partial charge in [0.15, 0.2) is 17.4 Å². The first-order chi connectivity index (χ1) is 15.6. The molecule has 1 aliphatic carbocycles. The molecule has 0 amide bonds. The maximum atomic E-state index is 13.4. The molecule has 0 radical (unpaired) electrons. The lowest BCUT2D eigenvalue weighted by molar-refractivity contribution is 0.403. The van der Waals surface area contributed by atoms with Gasteiger partial charge in [-0.15, -0.1) is 0 Å². The second-order valence-corrected chi connectivity index (χ2v) is 7.42. The van der Waals surface area contributed by atoms with E-state index in [1.165, 1.54) is 0 Å². The van der Waals surface area contributed by atoms with Crippen molar-refractivity contribution >= 4 is 11.4 Å². The quantitative estimate of drug-likeness (QED) is 0.601. The summed E-state index contributed by atoms with van der Waals surface area (Å²) >= 11 is 0. The van der Waals surface area contributed by atoms with Gasteiger partial charge < -0.3 is 15.4 Å². The molecule has 3 rings (SSSR count). The van der Waals surface area contributed by atoms with E-state index in [9.17, 15) is 4.39 Å². The van der Waals surface area contributed by atoms with Gasteiger partial charge in [0, 0.05) is 38.6 Å². The summed E-state index contributed by atoms with van der Waals surface area (Å²) in [7, 11) is 1.83. The number of halogens is 1. The van der Waals surface area contributed by atoms with Crippen LogP contribution in [-0.2, 0) is 13.5 Å². The van der Waals surface area contributed by atoms with E-state index in [2.05, 4.69) is 39.5 Å². The van der Waals surface area contributed by atoms with Crippen molar-refractivity contribution in [3.63, 3.8) is 0 Å². The van der Waals surface area contributed by atoms with E-state index in [0.717, 1.165) is 24.5 Å². The zero-order valence-corrected chi connectivity index (χ0v) is 19.0. The van der Waals surface area contributed by atoms with Crippen LogP contribution in [0.25, 0.3) is 5.57 Å². The molecule has 0 aromatic carbocycles. The molecule has 8 heteroatoms. The summed E-state index contributed by atoms with van der Waals surface area (Å²) in [6, 6.07) is 1.89. The van der Waals surface area contributed by atoms with Crippen LogP contribution in [0.2, 0.25) is 0 Å². The van der Waals surface area contributed by atoms with Crippen LogP contribution in [0.4, 0.5) is 10.2 Å². The first-order valence-electron chi connectivity index (χ1n) is 11.0. The number of nitrogens with zero attached hydrogens (tertiary/aromatic N) is 5. The molecule has 0 spiro atoms. The molecule has 0 fully saturated rings. The van der Waals surface area contributed by atoms with Gasteiger partial charge in [-0.05, 0) is 56.9 Å². The van der Waals surface area contributed by atoms with Crippen molar-refractivity contribution in [2.24, 2.45) is 12.8 Å². The van der Waals surface area contributed by atoms with Crippen molar-refractivity contribution in [3.05, 3.63) is 65.1 Å². The Bertz CT molecular complexity index is 1030. The van der Waals surface area contributed by atoms with E-state index in [0.29, 0.717) is 54.4 Å². The summed E-state index contributed by atoms with van der Waals surface area (Å²) in [5.74, 6) is 2.33. The van der Waals surface area contributed by atoms with Gasteiger partial charge in [0.25, 0.3) is 0 Å². The molecular weight excluding hydrogens is 407 g/mol. The molecule has 2 heterocycles. The van der Waals surface area contributed by atoms with E-state index in [-0.39, 0.29) is 0 Å². The summed E-state index contributed by atoms with van der Waals surface area (Å²) in [5.41, 5.74) is 11.0. The SMILES string of the molecule is CCN(CC)c1cc(OC2=C=C/C(CF)=C\CC/C=C\2c2ncc(CCN)cn2)n(C)n1. The van der Waals surface area contributed by atoms with E-state index in [4.69, 9.17) is 10.5 Å². The summed E-state index contributed by atoms with van der Waals surface area (Å²) in [6.45, 7) is 5.83. The Hall–Kier alpha value is -3.22. The van der Waals surface area contributed by atoms with Crippen LogP contribution >= 0.6 is 0 Å². The van der Waals surface area contributed by atoms with Crippen LogP contribution < -0.4 is 15.4 Å². The van der Waals surface area contributed by atoms with Crippen molar-refractivity contribution in [1.82, 2.24) is 19.7 Å².